The van der Waals surface area contributed by atoms with Crippen molar-refractivity contribution in [1.82, 2.24) is 15.0 Å². The van der Waals surface area contributed by atoms with Crippen LogP contribution in [0.4, 0.5) is 11.8 Å². The highest BCUT2D eigenvalue weighted by Crippen LogP contribution is 2.32. The van der Waals surface area contributed by atoms with Gasteiger partial charge < -0.3 is 16.2 Å². The van der Waals surface area contributed by atoms with Gasteiger partial charge in [0.05, 0.1) is 6.20 Å². The lowest BCUT2D eigenvalue weighted by molar-refractivity contribution is 0.101. The molecule has 7 nitrogen and oxygen atoms in total. The Morgan fingerprint density at radius 1 is 1.19 bits per heavy atom. The van der Waals surface area contributed by atoms with E-state index in [0.717, 1.165) is 5.56 Å². The lowest BCUT2D eigenvalue weighted by atomic mass is 10.0. The number of anilines is 2. The first-order chi connectivity index (χ1) is 9.88. The van der Waals surface area contributed by atoms with Crippen LogP contribution in [-0.4, -0.2) is 20.7 Å². The molecule has 0 bridgehead atoms. The predicted octanol–water partition coefficient (Wildman–Crippen LogP) is 2.15. The number of Topliss-reactive ketones (excluding diaryl/α,β-unsaturated/α-hetero) is 1. The first-order valence-corrected chi connectivity index (χ1v) is 6.45. The molecule has 2 heterocycles. The molecule has 4 N–H and O–H groups in total. The van der Waals surface area contributed by atoms with E-state index in [0.29, 0.717) is 11.4 Å². The smallest absolute Gasteiger partial charge is 0.222 e. The fraction of sp³-hybridized carbons (Fsp3) is 0.286. The Morgan fingerprint density at radius 2 is 1.90 bits per heavy atom. The summed E-state index contributed by atoms with van der Waals surface area (Å²) in [6, 6.07) is 1.59. The Hall–Kier alpha value is -2.70. The Morgan fingerprint density at radius 3 is 2.48 bits per heavy atom. The summed E-state index contributed by atoms with van der Waals surface area (Å²) in [5.74, 6) is 1.03. The molecular weight excluding hydrogens is 270 g/mol. The van der Waals surface area contributed by atoms with Crippen molar-refractivity contribution in [2.45, 2.75) is 26.7 Å². The van der Waals surface area contributed by atoms with Crippen LogP contribution in [0.25, 0.3) is 0 Å². The van der Waals surface area contributed by atoms with Gasteiger partial charge in [-0.25, -0.2) is 4.98 Å². The summed E-state index contributed by atoms with van der Waals surface area (Å²) in [5.41, 5.74) is 12.4. The predicted molar refractivity (Wildman–Crippen MR) is 79.3 cm³/mol. The lowest BCUT2D eigenvalue weighted by Gasteiger charge is -2.14. The number of nitrogen functional groups attached to an aromatic ring is 2. The van der Waals surface area contributed by atoms with E-state index in [2.05, 4.69) is 15.0 Å². The van der Waals surface area contributed by atoms with Crippen LogP contribution in [0.1, 0.15) is 42.7 Å². The van der Waals surface area contributed by atoms with Crippen molar-refractivity contribution in [3.8, 4) is 11.5 Å². The quantitative estimate of drug-likeness (QED) is 0.827. The molecule has 0 amide bonds. The molecule has 0 spiro atoms. The van der Waals surface area contributed by atoms with Gasteiger partial charge in [0.25, 0.3) is 0 Å². The van der Waals surface area contributed by atoms with Gasteiger partial charge >= 0.3 is 0 Å². The number of nitrogens with two attached hydrogens (primary N) is 2. The van der Waals surface area contributed by atoms with Crippen LogP contribution >= 0.6 is 0 Å². The number of ketones is 1. The fourth-order valence-corrected chi connectivity index (χ4v) is 1.76. The molecule has 0 radical (unpaired) electrons. The molecule has 0 unspecified atom stereocenters. The molecular formula is C14H17N5O2. The Labute approximate surface area is 122 Å². The monoisotopic (exact) mass is 287 g/mol. The van der Waals surface area contributed by atoms with Gasteiger partial charge in [-0.05, 0) is 5.92 Å². The first kappa shape index (κ1) is 14.7. The summed E-state index contributed by atoms with van der Waals surface area (Å²) < 4.78 is 5.75. The number of nitrogens with zero attached hydrogens (tertiary/aromatic N) is 3. The third kappa shape index (κ3) is 3.25. The van der Waals surface area contributed by atoms with Gasteiger partial charge in [0.2, 0.25) is 5.95 Å². The Balaban J connectivity index is 2.45. The highest BCUT2D eigenvalue weighted by Gasteiger charge is 2.14. The zero-order valence-electron chi connectivity index (χ0n) is 12.1. The average Bonchev–Trinajstić information content (AvgIpc) is 2.41. The van der Waals surface area contributed by atoms with E-state index in [1.807, 2.05) is 13.8 Å². The van der Waals surface area contributed by atoms with E-state index in [-0.39, 0.29) is 29.2 Å². The van der Waals surface area contributed by atoms with E-state index < -0.39 is 0 Å². The van der Waals surface area contributed by atoms with E-state index in [4.69, 9.17) is 16.2 Å². The molecule has 2 aromatic heterocycles. The third-order valence-corrected chi connectivity index (χ3v) is 2.90. The molecule has 0 aliphatic rings. The zero-order chi connectivity index (χ0) is 15.6. The number of aromatic nitrogens is 3. The van der Waals surface area contributed by atoms with Crippen LogP contribution in [0.15, 0.2) is 18.5 Å². The molecule has 0 saturated heterocycles. The molecule has 0 aromatic carbocycles. The third-order valence-electron chi connectivity index (χ3n) is 2.90. The van der Waals surface area contributed by atoms with Gasteiger partial charge in [0.1, 0.15) is 11.4 Å². The molecule has 7 heteroatoms. The number of rotatable bonds is 4. The van der Waals surface area contributed by atoms with Crippen molar-refractivity contribution in [1.29, 1.82) is 0 Å². The number of pyridine rings is 1. The zero-order valence-corrected chi connectivity index (χ0v) is 12.1. The number of hydrogen-bond donors (Lipinski definition) is 2. The second-order valence-corrected chi connectivity index (χ2v) is 4.90. The second kappa shape index (κ2) is 5.74. The molecule has 0 aliphatic heterocycles. The molecule has 110 valence electrons. The van der Waals surface area contributed by atoms with Crippen LogP contribution in [0.3, 0.4) is 0 Å². The lowest BCUT2D eigenvalue weighted by Crippen LogP contribution is -2.04. The van der Waals surface area contributed by atoms with Crippen molar-refractivity contribution in [3.05, 3.63) is 29.7 Å². The molecule has 2 aromatic rings. The van der Waals surface area contributed by atoms with Gasteiger partial charge in [-0.2, -0.15) is 4.98 Å². The maximum absolute atomic E-state index is 11.5. The standard InChI is InChI=1S/C14H17N5O2/c1-7(2)9-5-17-10(8(3)20)4-11(9)21-12-6-18-14(16)19-13(12)15/h4-7H,1-3H3,(H4,15,16,18,19). The van der Waals surface area contributed by atoms with Crippen molar-refractivity contribution < 1.29 is 9.53 Å². The first-order valence-electron chi connectivity index (χ1n) is 6.45. The minimum atomic E-state index is -0.142. The number of carbonyl (C=O) groups excluding carboxylic acids is 1. The Bertz CT molecular complexity index is 685. The van der Waals surface area contributed by atoms with Gasteiger partial charge in [0, 0.05) is 24.8 Å². The normalized spacial score (nSPS) is 10.7. The molecule has 0 fully saturated rings. The maximum atomic E-state index is 11.5. The molecule has 21 heavy (non-hydrogen) atoms. The maximum Gasteiger partial charge on any atom is 0.222 e. The van der Waals surface area contributed by atoms with Crippen LogP contribution in [0, 0.1) is 0 Å². The van der Waals surface area contributed by atoms with Gasteiger partial charge in [-0.15, -0.1) is 0 Å². The van der Waals surface area contributed by atoms with Gasteiger partial charge in [0.15, 0.2) is 17.4 Å². The minimum absolute atomic E-state index is 0.0723. The largest absolute Gasteiger partial charge is 0.451 e. The molecule has 0 atom stereocenters. The summed E-state index contributed by atoms with van der Waals surface area (Å²) in [6.45, 7) is 5.45. The summed E-state index contributed by atoms with van der Waals surface area (Å²) in [6.07, 6.45) is 3.03. The van der Waals surface area contributed by atoms with Crippen molar-refractivity contribution in [2.24, 2.45) is 0 Å². The number of hydrogen-bond acceptors (Lipinski definition) is 7. The highest BCUT2D eigenvalue weighted by atomic mass is 16.5. The minimum Gasteiger partial charge on any atom is -0.451 e. The van der Waals surface area contributed by atoms with E-state index in [1.54, 1.807) is 12.3 Å². The summed E-state index contributed by atoms with van der Waals surface area (Å²) >= 11 is 0. The van der Waals surface area contributed by atoms with Crippen LogP contribution in [0.5, 0.6) is 11.5 Å². The van der Waals surface area contributed by atoms with Crippen LogP contribution < -0.4 is 16.2 Å². The number of carbonyl (C=O) groups is 1. The molecule has 2 rings (SSSR count). The summed E-state index contributed by atoms with van der Waals surface area (Å²) in [7, 11) is 0. The summed E-state index contributed by atoms with van der Waals surface area (Å²) in [5, 5.41) is 0. The Kier molecular flexibility index (Phi) is 4.02. The molecule has 0 saturated carbocycles. The molecule has 0 aliphatic carbocycles. The number of ether oxygens (including phenoxy) is 1. The van der Waals surface area contributed by atoms with Crippen molar-refractivity contribution >= 4 is 17.5 Å². The fourth-order valence-electron chi connectivity index (χ4n) is 1.76. The van der Waals surface area contributed by atoms with Gasteiger partial charge in [-0.1, -0.05) is 13.8 Å². The van der Waals surface area contributed by atoms with E-state index in [1.165, 1.54) is 13.1 Å². The highest BCUT2D eigenvalue weighted by molar-refractivity contribution is 5.92. The van der Waals surface area contributed by atoms with E-state index in [9.17, 15) is 4.79 Å². The average molecular weight is 287 g/mol. The second-order valence-electron chi connectivity index (χ2n) is 4.90. The summed E-state index contributed by atoms with van der Waals surface area (Å²) in [4.78, 5) is 23.3. The topological polar surface area (TPSA) is 117 Å². The van der Waals surface area contributed by atoms with E-state index >= 15 is 0 Å². The van der Waals surface area contributed by atoms with Crippen molar-refractivity contribution in [2.75, 3.05) is 11.5 Å². The van der Waals surface area contributed by atoms with Gasteiger partial charge in [-0.3, -0.25) is 9.78 Å². The van der Waals surface area contributed by atoms with Crippen LogP contribution in [0.2, 0.25) is 0 Å². The van der Waals surface area contributed by atoms with Crippen molar-refractivity contribution in [3.63, 3.8) is 0 Å². The van der Waals surface area contributed by atoms with Crippen LogP contribution in [-0.2, 0) is 0 Å². The SMILES string of the molecule is CC(=O)c1cc(Oc2cnc(N)nc2N)c(C(C)C)cn1.